The Kier molecular flexibility index (Phi) is 8.66. The van der Waals surface area contributed by atoms with E-state index in [-0.39, 0.29) is 24.0 Å². The number of aromatic nitrogens is 2. The molecule has 7 heteroatoms. The number of aryl methyl sites for hydroxylation is 1. The van der Waals surface area contributed by atoms with Crippen molar-refractivity contribution in [3.63, 3.8) is 0 Å². The molecular weight excluding hydrogens is 439 g/mol. The molecule has 0 aromatic carbocycles. The Balaban J connectivity index is 0.00000243. The molecule has 0 amide bonds. The van der Waals surface area contributed by atoms with Crippen molar-refractivity contribution in [3.8, 4) is 0 Å². The third kappa shape index (κ3) is 5.34. The molecule has 6 nitrogen and oxygen atoms in total. The zero-order chi connectivity index (χ0) is 17.5. The normalized spacial score (nSPS) is 21.1. The summed E-state index contributed by atoms with van der Waals surface area (Å²) in [6.07, 6.45) is 12.7. The number of rotatable bonds is 5. The Hall–Kier alpha value is -0.830. The topological polar surface area (TPSA) is 57.5 Å². The van der Waals surface area contributed by atoms with Gasteiger partial charge in [-0.3, -0.25) is 14.6 Å². The van der Waals surface area contributed by atoms with Gasteiger partial charge in [0.25, 0.3) is 0 Å². The SMILES string of the molecule is CN=C(NCc1ccnn1C)NCC1(N2CCCCC2)CCCCC1.I. The van der Waals surface area contributed by atoms with Crippen molar-refractivity contribution in [1.29, 1.82) is 0 Å². The fourth-order valence-corrected chi connectivity index (χ4v) is 4.40. The van der Waals surface area contributed by atoms with Crippen LogP contribution in [0.15, 0.2) is 17.3 Å². The predicted molar refractivity (Wildman–Crippen MR) is 118 cm³/mol. The smallest absolute Gasteiger partial charge is 0.191 e. The van der Waals surface area contributed by atoms with Gasteiger partial charge < -0.3 is 10.6 Å². The fourth-order valence-electron chi connectivity index (χ4n) is 4.40. The van der Waals surface area contributed by atoms with Crippen molar-refractivity contribution < 1.29 is 0 Å². The molecule has 1 saturated carbocycles. The molecular formula is C19H35IN6. The molecule has 148 valence electrons. The molecule has 0 unspecified atom stereocenters. The van der Waals surface area contributed by atoms with Gasteiger partial charge in [-0.2, -0.15) is 5.10 Å². The zero-order valence-corrected chi connectivity index (χ0v) is 18.7. The fraction of sp³-hybridized carbons (Fsp3) is 0.789. The molecule has 1 aromatic rings. The van der Waals surface area contributed by atoms with E-state index in [0.717, 1.165) is 24.7 Å². The van der Waals surface area contributed by atoms with Gasteiger partial charge in [-0.25, -0.2) is 0 Å². The highest BCUT2D eigenvalue weighted by molar-refractivity contribution is 14.0. The molecule has 2 N–H and O–H groups in total. The van der Waals surface area contributed by atoms with Crippen LogP contribution in [0.2, 0.25) is 0 Å². The number of guanidine groups is 1. The maximum atomic E-state index is 4.42. The predicted octanol–water partition coefficient (Wildman–Crippen LogP) is 2.89. The van der Waals surface area contributed by atoms with Gasteiger partial charge in [0.15, 0.2) is 5.96 Å². The highest BCUT2D eigenvalue weighted by Gasteiger charge is 2.38. The molecule has 1 aliphatic carbocycles. The summed E-state index contributed by atoms with van der Waals surface area (Å²) < 4.78 is 1.90. The minimum atomic E-state index is 0. The Bertz CT molecular complexity index is 558. The van der Waals surface area contributed by atoms with Gasteiger partial charge in [0.2, 0.25) is 0 Å². The summed E-state index contributed by atoms with van der Waals surface area (Å²) >= 11 is 0. The molecule has 0 atom stereocenters. The molecule has 0 bridgehead atoms. The van der Waals surface area contributed by atoms with Crippen LogP contribution >= 0.6 is 24.0 Å². The third-order valence-corrected chi connectivity index (χ3v) is 5.98. The van der Waals surface area contributed by atoms with Gasteiger partial charge in [0, 0.05) is 32.4 Å². The number of aliphatic imine (C=N–C) groups is 1. The summed E-state index contributed by atoms with van der Waals surface area (Å²) in [5, 5.41) is 11.3. The summed E-state index contributed by atoms with van der Waals surface area (Å²) in [6, 6.07) is 2.04. The second kappa shape index (κ2) is 10.5. The lowest BCUT2D eigenvalue weighted by Gasteiger charge is -2.48. The van der Waals surface area contributed by atoms with Gasteiger partial charge >= 0.3 is 0 Å². The second-order valence-corrected chi connectivity index (χ2v) is 7.56. The molecule has 1 saturated heterocycles. The molecule has 0 radical (unpaired) electrons. The van der Waals surface area contributed by atoms with Crippen LogP contribution in [0.1, 0.15) is 57.1 Å². The van der Waals surface area contributed by atoms with Crippen LogP contribution in [0, 0.1) is 0 Å². The monoisotopic (exact) mass is 474 g/mol. The first-order valence-corrected chi connectivity index (χ1v) is 9.90. The Labute approximate surface area is 175 Å². The van der Waals surface area contributed by atoms with Crippen LogP contribution in [-0.2, 0) is 13.6 Å². The molecule has 2 heterocycles. The van der Waals surface area contributed by atoms with Gasteiger partial charge in [-0.1, -0.05) is 25.7 Å². The van der Waals surface area contributed by atoms with Crippen molar-refractivity contribution in [3.05, 3.63) is 18.0 Å². The summed E-state index contributed by atoms with van der Waals surface area (Å²) in [5.74, 6) is 0.892. The number of piperidine rings is 1. The van der Waals surface area contributed by atoms with Crippen LogP contribution < -0.4 is 10.6 Å². The molecule has 0 spiro atoms. The maximum absolute atomic E-state index is 4.42. The standard InChI is InChI=1S/C19H34N6.HI/c1-20-18(21-15-17-9-12-23-24(17)2)22-16-19(10-5-3-6-11-19)25-13-7-4-8-14-25;/h9,12H,3-8,10-11,13-16H2,1-2H3,(H2,20,21,22);1H. The summed E-state index contributed by atoms with van der Waals surface area (Å²) in [7, 11) is 3.83. The lowest BCUT2D eigenvalue weighted by atomic mass is 9.79. The quantitative estimate of drug-likeness (QED) is 0.392. The lowest BCUT2D eigenvalue weighted by Crippen LogP contribution is -2.59. The summed E-state index contributed by atoms with van der Waals surface area (Å²) in [5.41, 5.74) is 1.48. The largest absolute Gasteiger partial charge is 0.355 e. The maximum Gasteiger partial charge on any atom is 0.191 e. The summed E-state index contributed by atoms with van der Waals surface area (Å²) in [6.45, 7) is 4.27. The Morgan fingerprint density at radius 2 is 1.81 bits per heavy atom. The molecule has 1 aliphatic heterocycles. The van der Waals surface area contributed by atoms with E-state index in [4.69, 9.17) is 0 Å². The van der Waals surface area contributed by atoms with Crippen molar-refractivity contribution in [2.45, 2.75) is 63.5 Å². The summed E-state index contributed by atoms with van der Waals surface area (Å²) in [4.78, 5) is 7.20. The van der Waals surface area contributed by atoms with E-state index < -0.39 is 0 Å². The number of likely N-dealkylation sites (tertiary alicyclic amines) is 1. The minimum absolute atomic E-state index is 0. The zero-order valence-electron chi connectivity index (χ0n) is 16.3. The molecule has 1 aromatic heterocycles. The van der Waals surface area contributed by atoms with Crippen molar-refractivity contribution in [1.82, 2.24) is 25.3 Å². The van der Waals surface area contributed by atoms with Gasteiger partial charge in [0.1, 0.15) is 0 Å². The average molecular weight is 474 g/mol. The second-order valence-electron chi connectivity index (χ2n) is 7.56. The number of nitrogens with one attached hydrogen (secondary N) is 2. The first-order valence-electron chi connectivity index (χ1n) is 9.90. The van der Waals surface area contributed by atoms with Crippen molar-refractivity contribution >= 4 is 29.9 Å². The van der Waals surface area contributed by atoms with E-state index in [2.05, 4.69) is 25.6 Å². The average Bonchev–Trinajstić information content (AvgIpc) is 3.08. The number of nitrogens with zero attached hydrogens (tertiary/aromatic N) is 4. The van der Waals surface area contributed by atoms with E-state index in [1.165, 1.54) is 64.5 Å². The van der Waals surface area contributed by atoms with E-state index in [9.17, 15) is 0 Å². The van der Waals surface area contributed by atoms with E-state index in [1.807, 2.05) is 31.0 Å². The molecule has 2 aliphatic rings. The van der Waals surface area contributed by atoms with E-state index in [1.54, 1.807) is 0 Å². The van der Waals surface area contributed by atoms with Crippen LogP contribution in [0.5, 0.6) is 0 Å². The van der Waals surface area contributed by atoms with Crippen LogP contribution in [0.25, 0.3) is 0 Å². The molecule has 2 fully saturated rings. The van der Waals surface area contributed by atoms with Gasteiger partial charge in [0.05, 0.1) is 12.2 Å². The van der Waals surface area contributed by atoms with Crippen molar-refractivity contribution in [2.24, 2.45) is 12.0 Å². The van der Waals surface area contributed by atoms with Crippen LogP contribution in [-0.4, -0.2) is 52.9 Å². The van der Waals surface area contributed by atoms with Crippen LogP contribution in [0.3, 0.4) is 0 Å². The molecule has 26 heavy (non-hydrogen) atoms. The first kappa shape index (κ1) is 21.5. The highest BCUT2D eigenvalue weighted by atomic mass is 127. The van der Waals surface area contributed by atoms with Gasteiger partial charge in [-0.15, -0.1) is 24.0 Å². The molecule has 3 rings (SSSR count). The van der Waals surface area contributed by atoms with Crippen molar-refractivity contribution in [2.75, 3.05) is 26.7 Å². The van der Waals surface area contributed by atoms with Gasteiger partial charge in [-0.05, 0) is 44.8 Å². The van der Waals surface area contributed by atoms with Crippen LogP contribution in [0.4, 0.5) is 0 Å². The Morgan fingerprint density at radius 1 is 1.12 bits per heavy atom. The first-order chi connectivity index (χ1) is 12.2. The van der Waals surface area contributed by atoms with E-state index in [0.29, 0.717) is 5.54 Å². The minimum Gasteiger partial charge on any atom is -0.355 e. The third-order valence-electron chi connectivity index (χ3n) is 5.98. The number of halogens is 1. The lowest BCUT2D eigenvalue weighted by molar-refractivity contribution is 0.0368. The highest BCUT2D eigenvalue weighted by Crippen LogP contribution is 2.35. The number of hydrogen-bond donors (Lipinski definition) is 2. The Morgan fingerprint density at radius 3 is 2.42 bits per heavy atom. The number of hydrogen-bond acceptors (Lipinski definition) is 3. The van der Waals surface area contributed by atoms with E-state index >= 15 is 0 Å².